The number of fused-ring (bicyclic) bond motifs is 1. The fraction of sp³-hybridized carbons (Fsp3) is 0.450. The Balaban J connectivity index is 1.20. The second-order valence-electron chi connectivity index (χ2n) is 7.50. The van der Waals surface area contributed by atoms with Crippen molar-refractivity contribution in [1.82, 2.24) is 30.0 Å². The maximum atomic E-state index is 13.1. The summed E-state index contributed by atoms with van der Waals surface area (Å²) in [5.41, 5.74) is 2.07. The average Bonchev–Trinajstić information content (AvgIpc) is 3.36. The summed E-state index contributed by atoms with van der Waals surface area (Å²) in [5, 5.41) is 15.3. The number of thiazole rings is 1. The summed E-state index contributed by atoms with van der Waals surface area (Å²) < 4.78 is 15.4. The van der Waals surface area contributed by atoms with Crippen LogP contribution in [0.15, 0.2) is 29.6 Å². The van der Waals surface area contributed by atoms with Crippen LogP contribution < -0.4 is 5.32 Å². The van der Waals surface area contributed by atoms with E-state index in [1.54, 1.807) is 23.5 Å². The van der Waals surface area contributed by atoms with Gasteiger partial charge in [-0.25, -0.2) is 9.37 Å². The second kappa shape index (κ2) is 7.69. The van der Waals surface area contributed by atoms with Crippen molar-refractivity contribution in [2.24, 2.45) is 0 Å². The first-order chi connectivity index (χ1) is 13.8. The molecule has 1 N–H and O–H groups in total. The van der Waals surface area contributed by atoms with Crippen molar-refractivity contribution in [3.63, 3.8) is 0 Å². The molecule has 0 atom stereocenters. The molecule has 6 nitrogen and oxygen atoms in total. The van der Waals surface area contributed by atoms with E-state index in [-0.39, 0.29) is 5.82 Å². The van der Waals surface area contributed by atoms with Crippen LogP contribution >= 0.6 is 11.3 Å². The third-order valence-corrected chi connectivity index (χ3v) is 6.57. The number of likely N-dealkylation sites (tertiary alicyclic amines) is 1. The molecule has 0 aliphatic carbocycles. The lowest BCUT2D eigenvalue weighted by atomic mass is 9.95. The Hall–Kier alpha value is -2.16. The van der Waals surface area contributed by atoms with Gasteiger partial charge in [0.1, 0.15) is 22.5 Å². The maximum absolute atomic E-state index is 13.1. The minimum Gasteiger partial charge on any atom is -0.312 e. The third kappa shape index (κ3) is 3.59. The van der Waals surface area contributed by atoms with Crippen LogP contribution in [0.3, 0.4) is 0 Å². The van der Waals surface area contributed by atoms with E-state index in [0.29, 0.717) is 5.92 Å². The summed E-state index contributed by atoms with van der Waals surface area (Å²) >= 11 is 1.62. The van der Waals surface area contributed by atoms with Crippen molar-refractivity contribution in [3.8, 4) is 10.6 Å². The van der Waals surface area contributed by atoms with Crippen LogP contribution in [-0.4, -0.2) is 44.3 Å². The Morgan fingerprint density at radius 3 is 2.75 bits per heavy atom. The molecular weight excluding hydrogens is 375 g/mol. The van der Waals surface area contributed by atoms with Gasteiger partial charge in [-0.15, -0.1) is 21.5 Å². The number of hydrogen-bond donors (Lipinski definition) is 1. The van der Waals surface area contributed by atoms with E-state index in [2.05, 4.69) is 30.4 Å². The topological polar surface area (TPSA) is 58.9 Å². The van der Waals surface area contributed by atoms with Crippen LogP contribution in [0.4, 0.5) is 4.39 Å². The molecule has 5 rings (SSSR count). The van der Waals surface area contributed by atoms with Gasteiger partial charge in [0, 0.05) is 36.5 Å². The highest BCUT2D eigenvalue weighted by Gasteiger charge is 2.27. The lowest BCUT2D eigenvalue weighted by molar-refractivity contribution is 0.198. The van der Waals surface area contributed by atoms with E-state index in [4.69, 9.17) is 4.98 Å². The SMILES string of the molecule is Fc1ccc(-c2nc(CN3CCC(c4nnc5n4CCNC5)CC3)cs2)cc1. The van der Waals surface area contributed by atoms with Gasteiger partial charge in [0.2, 0.25) is 0 Å². The van der Waals surface area contributed by atoms with Crippen LogP contribution in [0, 0.1) is 5.82 Å². The number of rotatable bonds is 4. The molecule has 0 spiro atoms. The van der Waals surface area contributed by atoms with Gasteiger partial charge in [-0.2, -0.15) is 0 Å². The molecule has 0 bridgehead atoms. The van der Waals surface area contributed by atoms with Crippen LogP contribution in [0.2, 0.25) is 0 Å². The molecular formula is C20H23FN6S. The van der Waals surface area contributed by atoms with Gasteiger partial charge in [0.05, 0.1) is 12.2 Å². The molecule has 2 aromatic heterocycles. The van der Waals surface area contributed by atoms with Gasteiger partial charge in [0.25, 0.3) is 0 Å². The smallest absolute Gasteiger partial charge is 0.147 e. The number of hydrogen-bond acceptors (Lipinski definition) is 6. The average molecular weight is 399 g/mol. The van der Waals surface area contributed by atoms with E-state index >= 15 is 0 Å². The minimum absolute atomic E-state index is 0.214. The molecule has 8 heteroatoms. The Bertz CT molecular complexity index is 942. The third-order valence-electron chi connectivity index (χ3n) is 5.63. The van der Waals surface area contributed by atoms with Crippen molar-refractivity contribution in [3.05, 3.63) is 52.8 Å². The Labute approximate surface area is 167 Å². The number of nitrogens with zero attached hydrogens (tertiary/aromatic N) is 5. The molecule has 1 fully saturated rings. The number of halogens is 1. The van der Waals surface area contributed by atoms with Crippen molar-refractivity contribution < 1.29 is 4.39 Å². The first-order valence-electron chi connectivity index (χ1n) is 9.81. The molecule has 3 aromatic rings. The molecule has 0 unspecified atom stereocenters. The zero-order chi connectivity index (χ0) is 18.9. The zero-order valence-electron chi connectivity index (χ0n) is 15.6. The summed E-state index contributed by atoms with van der Waals surface area (Å²) in [6.45, 7) is 5.77. The molecule has 0 amide bonds. The van der Waals surface area contributed by atoms with Gasteiger partial charge in [0.15, 0.2) is 0 Å². The summed E-state index contributed by atoms with van der Waals surface area (Å²) in [7, 11) is 0. The van der Waals surface area contributed by atoms with Gasteiger partial charge in [-0.05, 0) is 50.2 Å². The Kier molecular flexibility index (Phi) is 4.92. The molecule has 2 aliphatic heterocycles. The molecule has 1 aromatic carbocycles. The monoisotopic (exact) mass is 398 g/mol. The van der Waals surface area contributed by atoms with E-state index in [1.165, 1.54) is 18.0 Å². The van der Waals surface area contributed by atoms with E-state index in [1.807, 2.05) is 0 Å². The first-order valence-corrected chi connectivity index (χ1v) is 10.7. The van der Waals surface area contributed by atoms with Crippen molar-refractivity contribution in [2.45, 2.75) is 38.4 Å². The summed E-state index contributed by atoms with van der Waals surface area (Å²) in [5.74, 6) is 2.53. The van der Waals surface area contributed by atoms with Crippen molar-refractivity contribution in [2.75, 3.05) is 19.6 Å². The zero-order valence-corrected chi connectivity index (χ0v) is 16.5. The van der Waals surface area contributed by atoms with Crippen LogP contribution in [0.5, 0.6) is 0 Å². The summed E-state index contributed by atoms with van der Waals surface area (Å²) in [4.78, 5) is 7.22. The fourth-order valence-electron chi connectivity index (χ4n) is 4.10. The lowest BCUT2D eigenvalue weighted by Gasteiger charge is -2.31. The Morgan fingerprint density at radius 2 is 1.93 bits per heavy atom. The van der Waals surface area contributed by atoms with E-state index in [0.717, 1.165) is 74.2 Å². The van der Waals surface area contributed by atoms with Gasteiger partial charge < -0.3 is 9.88 Å². The second-order valence-corrected chi connectivity index (χ2v) is 8.36. The number of benzene rings is 1. The number of piperidine rings is 1. The molecule has 28 heavy (non-hydrogen) atoms. The predicted octanol–water partition coefficient (Wildman–Crippen LogP) is 3.02. The molecule has 146 valence electrons. The van der Waals surface area contributed by atoms with Gasteiger partial charge >= 0.3 is 0 Å². The lowest BCUT2D eigenvalue weighted by Crippen LogP contribution is -2.34. The molecule has 1 saturated heterocycles. The summed E-state index contributed by atoms with van der Waals surface area (Å²) in [6, 6.07) is 6.55. The highest BCUT2D eigenvalue weighted by atomic mass is 32.1. The number of aromatic nitrogens is 4. The van der Waals surface area contributed by atoms with E-state index < -0.39 is 0 Å². The maximum Gasteiger partial charge on any atom is 0.147 e. The van der Waals surface area contributed by atoms with Gasteiger partial charge in [-0.3, -0.25) is 4.90 Å². The molecule has 0 radical (unpaired) electrons. The summed E-state index contributed by atoms with van der Waals surface area (Å²) in [6.07, 6.45) is 2.22. The standard InChI is InChI=1S/C20H23FN6S/c21-16-3-1-15(2-4-16)20-23-17(13-28-20)12-26-8-5-14(6-9-26)19-25-24-18-11-22-7-10-27(18)19/h1-4,13-14,22H,5-12H2. The molecule has 0 saturated carbocycles. The van der Waals surface area contributed by atoms with E-state index in [9.17, 15) is 4.39 Å². The van der Waals surface area contributed by atoms with Crippen LogP contribution in [-0.2, 0) is 19.6 Å². The fourth-order valence-corrected chi connectivity index (χ4v) is 4.92. The predicted molar refractivity (Wildman–Crippen MR) is 106 cm³/mol. The highest BCUT2D eigenvalue weighted by molar-refractivity contribution is 7.13. The Morgan fingerprint density at radius 1 is 1.11 bits per heavy atom. The highest BCUT2D eigenvalue weighted by Crippen LogP contribution is 2.29. The van der Waals surface area contributed by atoms with Gasteiger partial charge in [-0.1, -0.05) is 0 Å². The van der Waals surface area contributed by atoms with Crippen molar-refractivity contribution >= 4 is 11.3 Å². The first kappa shape index (κ1) is 17.9. The largest absolute Gasteiger partial charge is 0.312 e. The minimum atomic E-state index is -0.214. The molecule has 2 aliphatic rings. The number of nitrogens with one attached hydrogen (secondary N) is 1. The van der Waals surface area contributed by atoms with Crippen LogP contribution in [0.1, 0.15) is 36.1 Å². The van der Waals surface area contributed by atoms with Crippen molar-refractivity contribution in [1.29, 1.82) is 0 Å². The normalized spacial score (nSPS) is 18.3. The van der Waals surface area contributed by atoms with Crippen LogP contribution in [0.25, 0.3) is 10.6 Å². The quantitative estimate of drug-likeness (QED) is 0.732. The molecule has 4 heterocycles.